The summed E-state index contributed by atoms with van der Waals surface area (Å²) in [5, 5.41) is 3.03. The molecule has 1 aromatic heterocycles. The van der Waals surface area contributed by atoms with Crippen LogP contribution in [0.5, 0.6) is 0 Å². The van der Waals surface area contributed by atoms with Gasteiger partial charge in [0, 0.05) is 30.2 Å². The normalized spacial score (nSPS) is 22.6. The summed E-state index contributed by atoms with van der Waals surface area (Å²) < 4.78 is 0. The molecule has 0 saturated carbocycles. The number of aromatic nitrogens is 2. The number of anilines is 2. The van der Waals surface area contributed by atoms with E-state index in [2.05, 4.69) is 26.3 Å². The first kappa shape index (κ1) is 14.2. The molecule has 1 spiro atoms. The lowest BCUT2D eigenvalue weighted by Crippen LogP contribution is -2.38. The molecule has 5 nitrogen and oxygen atoms in total. The second kappa shape index (κ2) is 4.78. The van der Waals surface area contributed by atoms with E-state index in [0.717, 1.165) is 47.1 Å². The fourth-order valence-electron chi connectivity index (χ4n) is 3.66. The molecule has 1 N–H and O–H groups in total. The van der Waals surface area contributed by atoms with E-state index >= 15 is 0 Å². The lowest BCUT2D eigenvalue weighted by atomic mass is 9.81. The lowest BCUT2D eigenvalue weighted by molar-refractivity contribution is -0.120. The summed E-state index contributed by atoms with van der Waals surface area (Å²) in [5.41, 5.74) is 4.72. The number of para-hydroxylation sites is 1. The molecule has 4 rings (SSSR count). The highest BCUT2D eigenvalue weighted by Gasteiger charge is 2.51. The quantitative estimate of drug-likeness (QED) is 0.879. The van der Waals surface area contributed by atoms with E-state index in [4.69, 9.17) is 0 Å². The highest BCUT2D eigenvalue weighted by molar-refractivity contribution is 6.07. The van der Waals surface area contributed by atoms with Gasteiger partial charge in [0.1, 0.15) is 0 Å². The van der Waals surface area contributed by atoms with Gasteiger partial charge in [-0.15, -0.1) is 0 Å². The van der Waals surface area contributed by atoms with E-state index in [0.29, 0.717) is 6.54 Å². The minimum Gasteiger partial charge on any atom is -0.339 e. The number of benzene rings is 1. The molecule has 2 aliphatic heterocycles. The van der Waals surface area contributed by atoms with Crippen LogP contribution in [-0.4, -0.2) is 29.0 Å². The minimum atomic E-state index is -0.466. The van der Waals surface area contributed by atoms with Gasteiger partial charge in [0.05, 0.1) is 5.41 Å². The van der Waals surface area contributed by atoms with E-state index in [1.165, 1.54) is 0 Å². The molecule has 0 aliphatic carbocycles. The number of rotatable bonds is 1. The molecule has 1 aromatic carbocycles. The third-order valence-corrected chi connectivity index (χ3v) is 5.30. The second-order valence-corrected chi connectivity index (χ2v) is 6.57. The SMILES string of the molecule is Cc1nc(N2CCC3(C2)C(=O)Nc2ccccc23)nc(C)c1C. The van der Waals surface area contributed by atoms with Crippen molar-refractivity contribution in [2.45, 2.75) is 32.6 Å². The number of hydrogen-bond donors (Lipinski definition) is 1. The van der Waals surface area contributed by atoms with Crippen LogP contribution in [0.15, 0.2) is 24.3 Å². The minimum absolute atomic E-state index is 0.0988. The van der Waals surface area contributed by atoms with Crippen LogP contribution in [0.25, 0.3) is 0 Å². The van der Waals surface area contributed by atoms with E-state index < -0.39 is 5.41 Å². The van der Waals surface area contributed by atoms with Crippen LogP contribution in [0.3, 0.4) is 0 Å². The molecule has 2 aliphatic rings. The maximum absolute atomic E-state index is 12.6. The predicted octanol–water partition coefficient (Wildman–Crippen LogP) is 2.50. The molecule has 3 heterocycles. The van der Waals surface area contributed by atoms with Gasteiger partial charge in [0.2, 0.25) is 11.9 Å². The van der Waals surface area contributed by atoms with Crippen molar-refractivity contribution in [3.8, 4) is 0 Å². The van der Waals surface area contributed by atoms with Crippen LogP contribution in [0.1, 0.15) is 28.9 Å². The summed E-state index contributed by atoms with van der Waals surface area (Å²) in [5.74, 6) is 0.835. The number of amides is 1. The first-order valence-corrected chi connectivity index (χ1v) is 7.99. The molecule has 1 amide bonds. The number of carbonyl (C=O) groups excluding carboxylic acids is 1. The third kappa shape index (κ3) is 1.96. The number of aryl methyl sites for hydroxylation is 2. The van der Waals surface area contributed by atoms with Crippen molar-refractivity contribution >= 4 is 17.5 Å². The average Bonchev–Trinajstić information content (AvgIpc) is 3.09. The summed E-state index contributed by atoms with van der Waals surface area (Å²) in [4.78, 5) is 24.1. The molecule has 1 atom stereocenters. The lowest BCUT2D eigenvalue weighted by Gasteiger charge is -2.23. The Morgan fingerprint density at radius 3 is 2.57 bits per heavy atom. The number of nitrogens with zero attached hydrogens (tertiary/aromatic N) is 3. The smallest absolute Gasteiger partial charge is 0.236 e. The van der Waals surface area contributed by atoms with Crippen molar-refractivity contribution in [1.82, 2.24) is 9.97 Å². The van der Waals surface area contributed by atoms with Gasteiger partial charge in [-0.25, -0.2) is 9.97 Å². The van der Waals surface area contributed by atoms with Gasteiger partial charge in [-0.3, -0.25) is 4.79 Å². The van der Waals surface area contributed by atoms with Crippen molar-refractivity contribution in [3.63, 3.8) is 0 Å². The Kier molecular flexibility index (Phi) is 2.95. The van der Waals surface area contributed by atoms with Crippen molar-refractivity contribution in [1.29, 1.82) is 0 Å². The van der Waals surface area contributed by atoms with Gasteiger partial charge in [-0.1, -0.05) is 18.2 Å². The first-order chi connectivity index (χ1) is 11.0. The Bertz CT molecular complexity index is 793. The van der Waals surface area contributed by atoms with Crippen LogP contribution in [0.2, 0.25) is 0 Å². The number of hydrogen-bond acceptors (Lipinski definition) is 4. The Morgan fingerprint density at radius 1 is 1.13 bits per heavy atom. The summed E-state index contributed by atoms with van der Waals surface area (Å²) in [6.45, 7) is 7.50. The van der Waals surface area contributed by atoms with E-state index in [9.17, 15) is 4.79 Å². The van der Waals surface area contributed by atoms with Gasteiger partial charge >= 0.3 is 0 Å². The predicted molar refractivity (Wildman–Crippen MR) is 89.8 cm³/mol. The summed E-state index contributed by atoms with van der Waals surface area (Å²) in [6, 6.07) is 7.99. The van der Waals surface area contributed by atoms with Gasteiger partial charge < -0.3 is 10.2 Å². The van der Waals surface area contributed by atoms with Crippen LogP contribution in [0.4, 0.5) is 11.6 Å². The second-order valence-electron chi connectivity index (χ2n) is 6.57. The highest BCUT2D eigenvalue weighted by Crippen LogP contribution is 2.44. The zero-order valence-electron chi connectivity index (χ0n) is 13.7. The number of carbonyl (C=O) groups is 1. The standard InChI is InChI=1S/C18H20N4O/c1-11-12(2)19-17(20-13(11)3)22-9-8-18(10-22)14-6-4-5-7-15(14)21-16(18)23/h4-7H,8-10H2,1-3H3,(H,21,23). The maximum Gasteiger partial charge on any atom is 0.236 e. The first-order valence-electron chi connectivity index (χ1n) is 7.99. The monoisotopic (exact) mass is 308 g/mol. The van der Waals surface area contributed by atoms with E-state index in [1.807, 2.05) is 39.0 Å². The Labute approximate surface area is 135 Å². The van der Waals surface area contributed by atoms with Crippen LogP contribution in [0, 0.1) is 20.8 Å². The summed E-state index contributed by atoms with van der Waals surface area (Å²) in [7, 11) is 0. The maximum atomic E-state index is 12.6. The third-order valence-electron chi connectivity index (χ3n) is 5.30. The van der Waals surface area contributed by atoms with Crippen molar-refractivity contribution in [2.24, 2.45) is 0 Å². The molecule has 23 heavy (non-hydrogen) atoms. The molecule has 1 fully saturated rings. The molecule has 5 heteroatoms. The Hall–Kier alpha value is -2.43. The van der Waals surface area contributed by atoms with Crippen LogP contribution in [-0.2, 0) is 10.2 Å². The highest BCUT2D eigenvalue weighted by atomic mass is 16.2. The van der Waals surface area contributed by atoms with Gasteiger partial charge in [-0.05, 0) is 44.4 Å². The van der Waals surface area contributed by atoms with Crippen LogP contribution >= 0.6 is 0 Å². The Balaban J connectivity index is 1.71. The topological polar surface area (TPSA) is 58.1 Å². The summed E-state index contributed by atoms with van der Waals surface area (Å²) >= 11 is 0. The zero-order valence-corrected chi connectivity index (χ0v) is 13.7. The molecule has 1 saturated heterocycles. The molecule has 0 bridgehead atoms. The molecule has 0 radical (unpaired) electrons. The van der Waals surface area contributed by atoms with Crippen molar-refractivity contribution in [2.75, 3.05) is 23.3 Å². The van der Waals surface area contributed by atoms with E-state index in [-0.39, 0.29) is 5.91 Å². The Morgan fingerprint density at radius 2 is 1.83 bits per heavy atom. The van der Waals surface area contributed by atoms with Gasteiger partial charge in [0.15, 0.2) is 0 Å². The largest absolute Gasteiger partial charge is 0.339 e. The van der Waals surface area contributed by atoms with E-state index in [1.54, 1.807) is 0 Å². The van der Waals surface area contributed by atoms with Crippen LogP contribution < -0.4 is 10.2 Å². The number of nitrogens with one attached hydrogen (secondary N) is 1. The molecule has 1 unspecified atom stereocenters. The van der Waals surface area contributed by atoms with Gasteiger partial charge in [-0.2, -0.15) is 0 Å². The molecular formula is C18H20N4O. The zero-order chi connectivity index (χ0) is 16.2. The fraction of sp³-hybridized carbons (Fsp3) is 0.389. The average molecular weight is 308 g/mol. The fourth-order valence-corrected chi connectivity index (χ4v) is 3.66. The molecule has 2 aromatic rings. The van der Waals surface area contributed by atoms with Gasteiger partial charge in [0.25, 0.3) is 0 Å². The summed E-state index contributed by atoms with van der Waals surface area (Å²) in [6.07, 6.45) is 0.797. The number of fused-ring (bicyclic) bond motifs is 2. The molecular weight excluding hydrogens is 288 g/mol. The van der Waals surface area contributed by atoms with Crippen molar-refractivity contribution < 1.29 is 4.79 Å². The molecule has 118 valence electrons. The van der Waals surface area contributed by atoms with Crippen molar-refractivity contribution in [3.05, 3.63) is 46.8 Å².